The van der Waals surface area contributed by atoms with Crippen LogP contribution in [0.2, 0.25) is 5.02 Å². The Morgan fingerprint density at radius 1 is 1.08 bits per heavy atom. The molecule has 0 radical (unpaired) electrons. The summed E-state index contributed by atoms with van der Waals surface area (Å²) in [7, 11) is -3.69. The summed E-state index contributed by atoms with van der Waals surface area (Å²) in [6, 6.07) is 12.1. The molecule has 5 nitrogen and oxygen atoms in total. The van der Waals surface area contributed by atoms with Gasteiger partial charge in [-0.25, -0.2) is 8.42 Å². The minimum absolute atomic E-state index is 0.0765. The molecule has 0 aromatic heterocycles. The molecular weight excluding hydrogens is 440 g/mol. The third-order valence-corrected chi connectivity index (χ3v) is 7.18. The summed E-state index contributed by atoms with van der Waals surface area (Å²) in [6.07, 6.45) is 0. The molecule has 0 saturated carbocycles. The molecule has 0 bridgehead atoms. The van der Waals surface area contributed by atoms with Crippen molar-refractivity contribution in [1.29, 1.82) is 0 Å². The fraction of sp³-hybridized carbons (Fsp3) is 0.278. The van der Waals surface area contributed by atoms with Gasteiger partial charge in [-0.15, -0.1) is 0 Å². The Bertz CT molecular complexity index is 941. The first-order valence-electron chi connectivity index (χ1n) is 8.10. The summed E-state index contributed by atoms with van der Waals surface area (Å²) in [6.45, 7) is 3.11. The lowest BCUT2D eigenvalue weighted by atomic mass is 10.1. The smallest absolute Gasteiger partial charge is 0.253 e. The van der Waals surface area contributed by atoms with Crippen LogP contribution in [0.1, 0.15) is 15.9 Å². The van der Waals surface area contributed by atoms with E-state index in [2.05, 4.69) is 15.9 Å². The minimum atomic E-state index is -3.69. The van der Waals surface area contributed by atoms with Crippen LogP contribution in [-0.4, -0.2) is 49.7 Å². The van der Waals surface area contributed by atoms with Crippen molar-refractivity contribution in [2.75, 3.05) is 26.2 Å². The van der Waals surface area contributed by atoms with E-state index >= 15 is 0 Å². The number of aryl methyl sites for hydroxylation is 1. The number of benzene rings is 2. The van der Waals surface area contributed by atoms with Gasteiger partial charge in [0.05, 0.1) is 5.02 Å². The van der Waals surface area contributed by atoms with E-state index in [0.29, 0.717) is 18.7 Å². The second kappa shape index (κ2) is 7.68. The average molecular weight is 458 g/mol. The molecule has 2 aromatic rings. The zero-order valence-electron chi connectivity index (χ0n) is 14.2. The van der Waals surface area contributed by atoms with Crippen LogP contribution in [-0.2, 0) is 10.0 Å². The number of rotatable bonds is 3. The quantitative estimate of drug-likeness (QED) is 0.708. The number of hydrogen-bond donors (Lipinski definition) is 0. The Labute approximate surface area is 166 Å². The molecule has 8 heteroatoms. The van der Waals surface area contributed by atoms with Crippen LogP contribution >= 0.6 is 27.5 Å². The summed E-state index contributed by atoms with van der Waals surface area (Å²) in [4.78, 5) is 14.4. The van der Waals surface area contributed by atoms with Crippen LogP contribution < -0.4 is 0 Å². The first kappa shape index (κ1) is 19.4. The molecule has 2 aromatic carbocycles. The maximum absolute atomic E-state index is 12.8. The van der Waals surface area contributed by atoms with Gasteiger partial charge in [0.2, 0.25) is 10.0 Å². The van der Waals surface area contributed by atoms with E-state index in [4.69, 9.17) is 11.6 Å². The Hall–Kier alpha value is -1.41. The topological polar surface area (TPSA) is 57.7 Å². The second-order valence-corrected chi connectivity index (χ2v) is 9.37. The van der Waals surface area contributed by atoms with Crippen molar-refractivity contribution in [1.82, 2.24) is 9.21 Å². The third kappa shape index (κ3) is 3.96. The maximum atomic E-state index is 12.8. The van der Waals surface area contributed by atoms with Crippen molar-refractivity contribution in [3.8, 4) is 0 Å². The molecule has 26 heavy (non-hydrogen) atoms. The predicted octanol–water partition coefficient (Wildman–Crippen LogP) is 3.56. The van der Waals surface area contributed by atoms with Gasteiger partial charge in [-0.3, -0.25) is 4.79 Å². The van der Waals surface area contributed by atoms with E-state index in [9.17, 15) is 13.2 Å². The zero-order chi connectivity index (χ0) is 18.9. The Balaban J connectivity index is 1.72. The molecule has 3 rings (SSSR count). The van der Waals surface area contributed by atoms with Gasteiger partial charge in [0, 0.05) is 36.2 Å². The first-order valence-corrected chi connectivity index (χ1v) is 10.7. The molecule has 0 atom stereocenters. The van der Waals surface area contributed by atoms with E-state index in [1.54, 1.807) is 23.1 Å². The molecule has 1 fully saturated rings. The SMILES string of the molecule is Cc1cccc(C(=O)N2CCN(S(=O)(=O)c3ccc(Br)cc3Cl)CC2)c1. The predicted molar refractivity (Wildman–Crippen MR) is 105 cm³/mol. The van der Waals surface area contributed by atoms with Crippen molar-refractivity contribution in [2.45, 2.75) is 11.8 Å². The molecule has 0 spiro atoms. The van der Waals surface area contributed by atoms with Gasteiger partial charge in [0.15, 0.2) is 0 Å². The molecule has 1 amide bonds. The lowest BCUT2D eigenvalue weighted by molar-refractivity contribution is 0.0698. The molecule has 1 aliphatic rings. The van der Waals surface area contributed by atoms with E-state index in [0.717, 1.165) is 10.0 Å². The molecule has 1 saturated heterocycles. The van der Waals surface area contributed by atoms with Crippen molar-refractivity contribution < 1.29 is 13.2 Å². The number of piperazine rings is 1. The van der Waals surface area contributed by atoms with Gasteiger partial charge >= 0.3 is 0 Å². The van der Waals surface area contributed by atoms with Crippen LogP contribution in [0.3, 0.4) is 0 Å². The minimum Gasteiger partial charge on any atom is -0.336 e. The Morgan fingerprint density at radius 2 is 1.77 bits per heavy atom. The van der Waals surface area contributed by atoms with Crippen molar-refractivity contribution in [2.24, 2.45) is 0 Å². The number of sulfonamides is 1. The number of hydrogen-bond acceptors (Lipinski definition) is 3. The number of nitrogens with zero attached hydrogens (tertiary/aromatic N) is 2. The van der Waals surface area contributed by atoms with Crippen LogP contribution in [0.5, 0.6) is 0 Å². The third-order valence-electron chi connectivity index (χ3n) is 4.30. The van der Waals surface area contributed by atoms with Crippen molar-refractivity contribution >= 4 is 43.5 Å². The largest absolute Gasteiger partial charge is 0.336 e. The number of carbonyl (C=O) groups is 1. The van der Waals surface area contributed by atoms with Crippen LogP contribution in [0.15, 0.2) is 51.8 Å². The van der Waals surface area contributed by atoms with E-state index in [1.165, 1.54) is 10.4 Å². The molecule has 0 N–H and O–H groups in total. The van der Waals surface area contributed by atoms with Crippen LogP contribution in [0.4, 0.5) is 0 Å². The molecule has 1 aliphatic heterocycles. The summed E-state index contributed by atoms with van der Waals surface area (Å²) in [5, 5.41) is 0.178. The summed E-state index contributed by atoms with van der Waals surface area (Å²) >= 11 is 9.38. The zero-order valence-corrected chi connectivity index (χ0v) is 17.3. The lowest BCUT2D eigenvalue weighted by Crippen LogP contribution is -2.50. The summed E-state index contributed by atoms with van der Waals surface area (Å²) in [5.74, 6) is -0.0765. The van der Waals surface area contributed by atoms with E-state index in [1.807, 2.05) is 25.1 Å². The first-order chi connectivity index (χ1) is 12.3. The van der Waals surface area contributed by atoms with Gasteiger partial charge in [0.1, 0.15) is 4.90 Å². The molecule has 1 heterocycles. The van der Waals surface area contributed by atoms with Crippen molar-refractivity contribution in [3.63, 3.8) is 0 Å². The number of carbonyl (C=O) groups excluding carboxylic acids is 1. The van der Waals surface area contributed by atoms with Gasteiger partial charge in [-0.2, -0.15) is 4.31 Å². The van der Waals surface area contributed by atoms with Gasteiger partial charge < -0.3 is 4.90 Å². The highest BCUT2D eigenvalue weighted by Crippen LogP contribution is 2.28. The van der Waals surface area contributed by atoms with E-state index < -0.39 is 10.0 Å². The average Bonchev–Trinajstić information content (AvgIpc) is 2.61. The number of halogens is 2. The number of amides is 1. The van der Waals surface area contributed by atoms with Crippen LogP contribution in [0, 0.1) is 6.92 Å². The molecule has 138 valence electrons. The monoisotopic (exact) mass is 456 g/mol. The highest BCUT2D eigenvalue weighted by molar-refractivity contribution is 9.10. The fourth-order valence-electron chi connectivity index (χ4n) is 2.92. The van der Waals surface area contributed by atoms with E-state index in [-0.39, 0.29) is 28.9 Å². The highest BCUT2D eigenvalue weighted by atomic mass is 79.9. The van der Waals surface area contributed by atoms with Crippen LogP contribution in [0.25, 0.3) is 0 Å². The Morgan fingerprint density at radius 3 is 2.38 bits per heavy atom. The van der Waals surface area contributed by atoms with Gasteiger partial charge in [-0.05, 0) is 37.3 Å². The molecule has 0 aliphatic carbocycles. The van der Waals surface area contributed by atoms with Crippen molar-refractivity contribution in [3.05, 3.63) is 63.1 Å². The molecule has 0 unspecified atom stereocenters. The lowest BCUT2D eigenvalue weighted by Gasteiger charge is -2.34. The molecular formula is C18H18BrClN2O3S. The summed E-state index contributed by atoms with van der Waals surface area (Å²) < 4.78 is 27.8. The highest BCUT2D eigenvalue weighted by Gasteiger charge is 2.31. The fourth-order valence-corrected chi connectivity index (χ4v) is 5.35. The Kier molecular flexibility index (Phi) is 5.72. The van der Waals surface area contributed by atoms with Gasteiger partial charge in [-0.1, -0.05) is 45.2 Å². The second-order valence-electron chi connectivity index (χ2n) is 6.14. The van der Waals surface area contributed by atoms with Gasteiger partial charge in [0.25, 0.3) is 5.91 Å². The summed E-state index contributed by atoms with van der Waals surface area (Å²) in [5.41, 5.74) is 1.64. The normalized spacial score (nSPS) is 15.9. The maximum Gasteiger partial charge on any atom is 0.253 e. The standard InChI is InChI=1S/C18H18BrClN2O3S/c1-13-3-2-4-14(11-13)18(23)21-7-9-22(10-8-21)26(24,25)17-6-5-15(19)12-16(17)20/h2-6,11-12H,7-10H2,1H3.